The molecule has 156 valence electrons. The largest absolute Gasteiger partial charge is 0.329 e. The molecule has 1 unspecified atom stereocenters. The highest BCUT2D eigenvalue weighted by molar-refractivity contribution is 7.92. The Bertz CT molecular complexity index is 929. The molecule has 2 fully saturated rings. The number of piperazine rings is 1. The van der Waals surface area contributed by atoms with Gasteiger partial charge in [0.15, 0.2) is 9.84 Å². The molecule has 1 aliphatic heterocycles. The van der Waals surface area contributed by atoms with Crippen molar-refractivity contribution in [3.8, 4) is 0 Å². The van der Waals surface area contributed by atoms with Gasteiger partial charge in [0.25, 0.3) is 5.91 Å². The van der Waals surface area contributed by atoms with E-state index in [1.54, 1.807) is 36.7 Å². The number of benzene rings is 1. The number of rotatable bonds is 4. The van der Waals surface area contributed by atoms with Gasteiger partial charge < -0.3 is 10.2 Å². The predicted molar refractivity (Wildman–Crippen MR) is 114 cm³/mol. The summed E-state index contributed by atoms with van der Waals surface area (Å²) in [5.74, 6) is -0.0832. The molecule has 2 heterocycles. The van der Waals surface area contributed by atoms with Crippen LogP contribution in [0.15, 0.2) is 53.7 Å². The van der Waals surface area contributed by atoms with Crippen molar-refractivity contribution in [2.45, 2.75) is 41.9 Å². The van der Waals surface area contributed by atoms with Crippen molar-refractivity contribution in [3.05, 3.63) is 59.9 Å². The number of pyridine rings is 1. The van der Waals surface area contributed by atoms with Crippen LogP contribution in [0, 0.1) is 0 Å². The number of nitrogens with one attached hydrogen (secondary N) is 1. The molecule has 1 N–H and O–H groups in total. The Morgan fingerprint density at radius 3 is 2.48 bits per heavy atom. The molecule has 1 aliphatic carbocycles. The highest BCUT2D eigenvalue weighted by Crippen LogP contribution is 2.30. The Labute approximate surface area is 178 Å². The number of carbonyl (C=O) groups is 1. The van der Waals surface area contributed by atoms with Crippen LogP contribution < -0.4 is 5.32 Å². The maximum absolute atomic E-state index is 13.1. The number of hydrogen-bond acceptors (Lipinski definition) is 5. The summed E-state index contributed by atoms with van der Waals surface area (Å²) in [6.45, 7) is 2.00. The first-order valence-corrected chi connectivity index (χ1v) is 11.4. The molecule has 0 radical (unpaired) electrons. The summed E-state index contributed by atoms with van der Waals surface area (Å²) in [6, 6.07) is 10.2. The summed E-state index contributed by atoms with van der Waals surface area (Å²) >= 11 is 0. The SMILES string of the molecule is Cl.O=C(c1ccc(S(=O)(=O)C2CCCC2)cc1)N1CCNCC1c1cccnc1. The molecule has 1 aromatic carbocycles. The number of carbonyl (C=O) groups excluding carboxylic acids is 1. The zero-order valence-electron chi connectivity index (χ0n) is 16.2. The number of aromatic nitrogens is 1. The van der Waals surface area contributed by atoms with E-state index in [1.165, 1.54) is 0 Å². The van der Waals surface area contributed by atoms with Gasteiger partial charge in [0.1, 0.15) is 0 Å². The minimum Gasteiger partial charge on any atom is -0.329 e. The van der Waals surface area contributed by atoms with Crippen molar-refractivity contribution in [2.24, 2.45) is 0 Å². The summed E-state index contributed by atoms with van der Waals surface area (Å²) < 4.78 is 25.5. The van der Waals surface area contributed by atoms with E-state index >= 15 is 0 Å². The fourth-order valence-corrected chi connectivity index (χ4v) is 6.02. The minimum atomic E-state index is -3.30. The maximum atomic E-state index is 13.1. The molecule has 1 saturated carbocycles. The Morgan fingerprint density at radius 2 is 1.83 bits per heavy atom. The second-order valence-electron chi connectivity index (χ2n) is 7.48. The van der Waals surface area contributed by atoms with Gasteiger partial charge in [-0.05, 0) is 48.7 Å². The molecule has 2 aromatic rings. The maximum Gasteiger partial charge on any atom is 0.254 e. The first-order valence-electron chi connectivity index (χ1n) is 9.83. The van der Waals surface area contributed by atoms with Gasteiger partial charge in [-0.15, -0.1) is 12.4 Å². The van der Waals surface area contributed by atoms with Gasteiger partial charge in [-0.25, -0.2) is 8.42 Å². The van der Waals surface area contributed by atoms with Crippen LogP contribution in [0.2, 0.25) is 0 Å². The highest BCUT2D eigenvalue weighted by Gasteiger charge is 2.31. The second-order valence-corrected chi connectivity index (χ2v) is 9.71. The van der Waals surface area contributed by atoms with Gasteiger partial charge in [-0.2, -0.15) is 0 Å². The van der Waals surface area contributed by atoms with Gasteiger partial charge in [-0.3, -0.25) is 9.78 Å². The lowest BCUT2D eigenvalue weighted by Gasteiger charge is -2.36. The average molecular weight is 436 g/mol. The van der Waals surface area contributed by atoms with Crippen molar-refractivity contribution >= 4 is 28.2 Å². The van der Waals surface area contributed by atoms with Crippen LogP contribution in [-0.2, 0) is 9.84 Å². The summed E-state index contributed by atoms with van der Waals surface area (Å²) in [4.78, 5) is 19.5. The Kier molecular flexibility index (Phi) is 6.93. The number of hydrogen-bond donors (Lipinski definition) is 1. The van der Waals surface area contributed by atoms with Crippen molar-refractivity contribution in [3.63, 3.8) is 0 Å². The van der Waals surface area contributed by atoms with E-state index in [9.17, 15) is 13.2 Å². The molecular formula is C21H26ClN3O3S. The first-order chi connectivity index (χ1) is 13.6. The van der Waals surface area contributed by atoms with E-state index in [-0.39, 0.29) is 29.6 Å². The Balaban J connectivity index is 0.00000240. The van der Waals surface area contributed by atoms with Gasteiger partial charge in [0, 0.05) is 37.6 Å². The van der Waals surface area contributed by atoms with Gasteiger partial charge in [-0.1, -0.05) is 18.9 Å². The summed E-state index contributed by atoms with van der Waals surface area (Å²) in [7, 11) is -3.30. The van der Waals surface area contributed by atoms with Crippen LogP contribution in [0.3, 0.4) is 0 Å². The van der Waals surface area contributed by atoms with E-state index in [4.69, 9.17) is 0 Å². The molecule has 4 rings (SSSR count). The Hall–Kier alpha value is -1.96. The third-order valence-corrected chi connectivity index (χ3v) is 8.02. The van der Waals surface area contributed by atoms with Crippen LogP contribution in [-0.4, -0.2) is 49.1 Å². The van der Waals surface area contributed by atoms with Crippen molar-refractivity contribution < 1.29 is 13.2 Å². The van der Waals surface area contributed by atoms with Crippen LogP contribution in [0.5, 0.6) is 0 Å². The van der Waals surface area contributed by atoms with E-state index < -0.39 is 9.84 Å². The first kappa shape index (κ1) is 21.7. The fraction of sp³-hybridized carbons (Fsp3) is 0.429. The summed E-state index contributed by atoms with van der Waals surface area (Å²) in [6.07, 6.45) is 6.91. The molecule has 1 aromatic heterocycles. The van der Waals surface area contributed by atoms with Gasteiger partial charge >= 0.3 is 0 Å². The minimum absolute atomic E-state index is 0. The topological polar surface area (TPSA) is 79.4 Å². The van der Waals surface area contributed by atoms with E-state index in [0.717, 1.165) is 37.8 Å². The molecule has 1 atom stereocenters. The smallest absolute Gasteiger partial charge is 0.254 e. The Morgan fingerprint density at radius 1 is 1.10 bits per heavy atom. The zero-order valence-corrected chi connectivity index (χ0v) is 17.8. The van der Waals surface area contributed by atoms with Crippen molar-refractivity contribution in [1.82, 2.24) is 15.2 Å². The number of nitrogens with zero attached hydrogens (tertiary/aromatic N) is 2. The van der Waals surface area contributed by atoms with Crippen molar-refractivity contribution in [2.75, 3.05) is 19.6 Å². The number of sulfone groups is 1. The molecule has 1 saturated heterocycles. The third kappa shape index (κ3) is 4.47. The molecule has 0 spiro atoms. The zero-order chi connectivity index (χ0) is 19.6. The van der Waals surface area contributed by atoms with Crippen LogP contribution in [0.4, 0.5) is 0 Å². The molecule has 2 aliphatic rings. The van der Waals surface area contributed by atoms with Crippen LogP contribution in [0.1, 0.15) is 47.6 Å². The molecule has 29 heavy (non-hydrogen) atoms. The fourth-order valence-electron chi connectivity index (χ4n) is 4.16. The average Bonchev–Trinajstić information content (AvgIpc) is 3.30. The second kappa shape index (κ2) is 9.24. The molecular weight excluding hydrogens is 410 g/mol. The highest BCUT2D eigenvalue weighted by atomic mass is 35.5. The van der Waals surface area contributed by atoms with Crippen LogP contribution in [0.25, 0.3) is 0 Å². The quantitative estimate of drug-likeness (QED) is 0.798. The lowest BCUT2D eigenvalue weighted by atomic mass is 10.0. The normalized spacial score (nSPS) is 20.3. The van der Waals surface area contributed by atoms with E-state index in [0.29, 0.717) is 23.5 Å². The number of amides is 1. The van der Waals surface area contributed by atoms with Gasteiger partial charge in [0.2, 0.25) is 0 Å². The molecule has 1 amide bonds. The lowest BCUT2D eigenvalue weighted by Crippen LogP contribution is -2.48. The number of halogens is 1. The monoisotopic (exact) mass is 435 g/mol. The van der Waals surface area contributed by atoms with E-state index in [2.05, 4.69) is 10.3 Å². The molecule has 0 bridgehead atoms. The summed E-state index contributed by atoms with van der Waals surface area (Å²) in [5, 5.41) is 3.05. The van der Waals surface area contributed by atoms with Gasteiger partial charge in [0.05, 0.1) is 16.2 Å². The van der Waals surface area contributed by atoms with Crippen molar-refractivity contribution in [1.29, 1.82) is 0 Å². The standard InChI is InChI=1S/C21H25N3O3S.ClH/c25-21(24-13-12-23-15-20(24)17-4-3-11-22-14-17)16-7-9-19(10-8-16)28(26,27)18-5-1-2-6-18;/h3-4,7-11,14,18,20,23H,1-2,5-6,12-13,15H2;1H. The predicted octanol–water partition coefficient (Wildman–Crippen LogP) is 3.01. The third-order valence-electron chi connectivity index (χ3n) is 5.74. The van der Waals surface area contributed by atoms with E-state index in [1.807, 2.05) is 17.0 Å². The lowest BCUT2D eigenvalue weighted by molar-refractivity contribution is 0.0634. The molecule has 6 nitrogen and oxygen atoms in total. The van der Waals surface area contributed by atoms with Crippen LogP contribution >= 0.6 is 12.4 Å². The summed E-state index contributed by atoms with van der Waals surface area (Å²) in [5.41, 5.74) is 1.50. The molecule has 8 heteroatoms.